The van der Waals surface area contributed by atoms with Crippen molar-refractivity contribution in [2.24, 2.45) is 5.73 Å². The molecule has 3 amide bonds. The van der Waals surface area contributed by atoms with E-state index < -0.39 is 41.3 Å². The zero-order valence-electron chi connectivity index (χ0n) is 14.2. The van der Waals surface area contributed by atoms with Gasteiger partial charge in [-0.1, -0.05) is 0 Å². The summed E-state index contributed by atoms with van der Waals surface area (Å²) in [5.74, 6) is -3.05. The molecule has 0 spiro atoms. The number of nitrogens with zero attached hydrogens (tertiary/aromatic N) is 1. The van der Waals surface area contributed by atoms with Gasteiger partial charge in [0, 0.05) is 24.2 Å². The number of amides is 3. The molecule has 1 fully saturated rings. The van der Waals surface area contributed by atoms with Gasteiger partial charge in [0.1, 0.15) is 23.7 Å². The summed E-state index contributed by atoms with van der Waals surface area (Å²) in [7, 11) is 0. The Hall–Kier alpha value is -2.76. The van der Waals surface area contributed by atoms with Crippen LogP contribution in [0.1, 0.15) is 25.7 Å². The number of β-lactam (4-membered cyclic amide) rings is 1. The summed E-state index contributed by atoms with van der Waals surface area (Å²) >= 11 is 1.24. The van der Waals surface area contributed by atoms with Crippen molar-refractivity contribution in [3.8, 4) is 0 Å². The number of carbonyl (C=O) groups is 5. The van der Waals surface area contributed by atoms with Crippen LogP contribution in [0.3, 0.4) is 0 Å². The molecule has 2 heterocycles. The Morgan fingerprint density at radius 3 is 2.48 bits per heavy atom. The lowest BCUT2D eigenvalue weighted by molar-refractivity contribution is -0.150. The third-order valence-corrected chi connectivity index (χ3v) is 5.34. The van der Waals surface area contributed by atoms with Gasteiger partial charge >= 0.3 is 18.0 Å². The van der Waals surface area contributed by atoms with E-state index in [9.17, 15) is 29.1 Å². The van der Waals surface area contributed by atoms with Crippen LogP contribution in [0.4, 0.5) is 4.79 Å². The average molecular weight is 401 g/mol. The van der Waals surface area contributed by atoms with Gasteiger partial charge in [0.25, 0.3) is 5.91 Å². The number of thioether (sulfide) groups is 1. The van der Waals surface area contributed by atoms with E-state index >= 15 is 0 Å². The zero-order valence-corrected chi connectivity index (χ0v) is 15.0. The number of nitrogens with one attached hydrogen (secondary N) is 1. The number of carboxylic acids is 2. The molecule has 0 bridgehead atoms. The molecule has 1 unspecified atom stereocenters. The van der Waals surface area contributed by atoms with Crippen LogP contribution in [0, 0.1) is 0 Å². The van der Waals surface area contributed by atoms with Crippen LogP contribution in [-0.4, -0.2) is 68.7 Å². The third-order valence-electron chi connectivity index (χ3n) is 4.00. The van der Waals surface area contributed by atoms with Gasteiger partial charge in [-0.25, -0.2) is 9.59 Å². The van der Waals surface area contributed by atoms with Crippen LogP contribution in [-0.2, 0) is 23.9 Å². The molecule has 12 heteroatoms. The van der Waals surface area contributed by atoms with E-state index in [0.717, 1.165) is 4.90 Å². The number of unbranched alkanes of at least 4 members (excludes halogenated alkanes) is 1. The van der Waals surface area contributed by atoms with Crippen molar-refractivity contribution in [2.45, 2.75) is 37.1 Å². The quantitative estimate of drug-likeness (QED) is 0.292. The fourth-order valence-corrected chi connectivity index (χ4v) is 4.09. The molecule has 0 saturated carbocycles. The highest BCUT2D eigenvalue weighted by Gasteiger charge is 2.54. The second-order valence-electron chi connectivity index (χ2n) is 5.92. The van der Waals surface area contributed by atoms with Crippen LogP contribution < -0.4 is 11.1 Å². The van der Waals surface area contributed by atoms with Crippen LogP contribution in [0.2, 0.25) is 0 Å². The lowest BCUT2D eigenvalue weighted by atomic mass is 10.0. The molecule has 0 radical (unpaired) electrons. The minimum atomic E-state index is -1.34. The minimum absolute atomic E-state index is 0.0369. The fraction of sp³-hybridized carbons (Fsp3) is 0.533. The molecular formula is C15H19N3O8S. The van der Waals surface area contributed by atoms with E-state index in [1.54, 1.807) is 0 Å². The highest BCUT2D eigenvalue weighted by Crippen LogP contribution is 2.40. The number of aliphatic carboxylic acids is 2. The predicted octanol–water partition coefficient (Wildman–Crippen LogP) is -0.535. The molecule has 27 heavy (non-hydrogen) atoms. The Kier molecular flexibility index (Phi) is 6.66. The fourth-order valence-electron chi connectivity index (χ4n) is 2.76. The van der Waals surface area contributed by atoms with Crippen molar-refractivity contribution in [1.29, 1.82) is 0 Å². The van der Waals surface area contributed by atoms with Crippen molar-refractivity contribution in [3.05, 3.63) is 11.3 Å². The second-order valence-corrected chi connectivity index (χ2v) is 7.03. The predicted molar refractivity (Wildman–Crippen MR) is 91.3 cm³/mol. The highest BCUT2D eigenvalue weighted by molar-refractivity contribution is 8.00. The monoisotopic (exact) mass is 401 g/mol. The highest BCUT2D eigenvalue weighted by atomic mass is 32.2. The summed E-state index contributed by atoms with van der Waals surface area (Å²) in [6.45, 7) is -0.332. The van der Waals surface area contributed by atoms with Gasteiger partial charge in [-0.15, -0.1) is 11.8 Å². The van der Waals surface area contributed by atoms with E-state index in [1.165, 1.54) is 11.8 Å². The number of carbonyl (C=O) groups excluding carboxylic acids is 3. The number of fused-ring (bicyclic) bond motifs is 1. The van der Waals surface area contributed by atoms with Crippen LogP contribution >= 0.6 is 11.8 Å². The molecule has 2 rings (SSSR count). The maximum atomic E-state index is 12.3. The van der Waals surface area contributed by atoms with E-state index in [1.807, 2.05) is 0 Å². The molecule has 0 aromatic heterocycles. The largest absolute Gasteiger partial charge is 0.481 e. The maximum absolute atomic E-state index is 12.3. The van der Waals surface area contributed by atoms with Gasteiger partial charge in [-0.3, -0.25) is 19.3 Å². The lowest BCUT2D eigenvalue weighted by Crippen LogP contribution is -2.70. The van der Waals surface area contributed by atoms with E-state index in [0.29, 0.717) is 12.8 Å². The summed E-state index contributed by atoms with van der Waals surface area (Å²) in [6.07, 6.45) is -0.295. The first-order valence-corrected chi connectivity index (χ1v) is 9.10. The van der Waals surface area contributed by atoms with Crippen molar-refractivity contribution in [1.82, 2.24) is 10.2 Å². The van der Waals surface area contributed by atoms with Crippen molar-refractivity contribution < 1.29 is 38.9 Å². The van der Waals surface area contributed by atoms with Crippen LogP contribution in [0.15, 0.2) is 11.3 Å². The number of hydrogen-bond acceptors (Lipinski definition) is 7. The van der Waals surface area contributed by atoms with Crippen molar-refractivity contribution >= 4 is 41.6 Å². The standard InChI is InChI=1S/C15H19N3O8S/c16-15(25)26-5-7-6-27-13-10(12(22)18(13)11(7)14(23)24)17-8(19)3-1-2-4-9(20)21/h10,13H,1-6H2,(H2,16,25)(H,17,19)(H,20,21)(H,23,24)/t10?,13-/m1/s1. The Morgan fingerprint density at radius 1 is 1.22 bits per heavy atom. The number of nitrogens with two attached hydrogens (primary N) is 1. The molecule has 0 aromatic carbocycles. The normalized spacial score (nSPS) is 21.2. The molecule has 2 aliphatic rings. The Morgan fingerprint density at radius 2 is 1.89 bits per heavy atom. The molecule has 2 aliphatic heterocycles. The molecule has 2 atom stereocenters. The summed E-state index contributed by atoms with van der Waals surface area (Å²) in [5, 5.41) is 19.9. The van der Waals surface area contributed by atoms with Gasteiger partial charge in [0.05, 0.1) is 0 Å². The Balaban J connectivity index is 1.96. The Labute approximate surface area is 157 Å². The lowest BCUT2D eigenvalue weighted by Gasteiger charge is -2.49. The topological polar surface area (TPSA) is 176 Å². The third kappa shape index (κ3) is 4.90. The Bertz CT molecular complexity index is 707. The maximum Gasteiger partial charge on any atom is 0.404 e. The van der Waals surface area contributed by atoms with Gasteiger partial charge in [0.2, 0.25) is 5.91 Å². The number of carboxylic acid groups (broad SMARTS) is 2. The first kappa shape index (κ1) is 20.6. The van der Waals surface area contributed by atoms with Gasteiger partial charge in [-0.2, -0.15) is 0 Å². The van der Waals surface area contributed by atoms with Gasteiger partial charge in [-0.05, 0) is 12.8 Å². The van der Waals surface area contributed by atoms with Crippen molar-refractivity contribution in [2.75, 3.05) is 12.4 Å². The first-order valence-electron chi connectivity index (χ1n) is 8.05. The van der Waals surface area contributed by atoms with Crippen LogP contribution in [0.25, 0.3) is 0 Å². The minimum Gasteiger partial charge on any atom is -0.481 e. The summed E-state index contributed by atoms with van der Waals surface area (Å²) in [5.41, 5.74) is 4.86. The summed E-state index contributed by atoms with van der Waals surface area (Å²) < 4.78 is 4.62. The number of ether oxygens (including phenoxy) is 1. The second kappa shape index (κ2) is 8.75. The molecule has 0 aliphatic carbocycles. The van der Waals surface area contributed by atoms with E-state index in [2.05, 4.69) is 10.1 Å². The van der Waals surface area contributed by atoms with E-state index in [4.69, 9.17) is 10.8 Å². The summed E-state index contributed by atoms with van der Waals surface area (Å²) in [6, 6.07) is -0.852. The SMILES string of the molecule is NC(=O)OCC1=C(C(=O)O)N2C(=O)C(NC(=O)CCCCC(=O)O)[C@H]2SC1. The zero-order chi connectivity index (χ0) is 20.1. The number of primary amides is 1. The molecule has 0 aromatic rings. The molecule has 11 nitrogen and oxygen atoms in total. The number of rotatable bonds is 9. The van der Waals surface area contributed by atoms with Crippen molar-refractivity contribution in [3.63, 3.8) is 0 Å². The van der Waals surface area contributed by atoms with Crippen LogP contribution in [0.5, 0.6) is 0 Å². The van der Waals surface area contributed by atoms with Gasteiger partial charge in [0.15, 0.2) is 0 Å². The first-order chi connectivity index (χ1) is 12.7. The van der Waals surface area contributed by atoms with Gasteiger partial charge < -0.3 is 26.0 Å². The molecule has 148 valence electrons. The smallest absolute Gasteiger partial charge is 0.404 e. The molecule has 5 N–H and O–H groups in total. The average Bonchev–Trinajstić information content (AvgIpc) is 2.60. The molecular weight excluding hydrogens is 382 g/mol. The number of hydrogen-bond donors (Lipinski definition) is 4. The van der Waals surface area contributed by atoms with E-state index in [-0.39, 0.29) is 36.5 Å². The molecule has 1 saturated heterocycles. The summed E-state index contributed by atoms with van der Waals surface area (Å²) in [4.78, 5) is 58.0.